The minimum Gasteiger partial charge on any atom is -0.384 e. The number of amides is 1. The Morgan fingerprint density at radius 2 is 2.10 bits per heavy atom. The number of carbonyl (C=O) groups excluding carboxylic acids is 1. The molecule has 0 aliphatic heterocycles. The van der Waals surface area contributed by atoms with Crippen LogP contribution in [0.15, 0.2) is 18.2 Å². The summed E-state index contributed by atoms with van der Waals surface area (Å²) in [5.74, 6) is 7.57. The van der Waals surface area contributed by atoms with Crippen LogP contribution in [0, 0.1) is 29.6 Å². The SMILES string of the molecule is CCc1cc(C#CCO)ccc1NC(=O)C1CC2CC2C1. The topological polar surface area (TPSA) is 49.3 Å². The van der Waals surface area contributed by atoms with E-state index in [0.29, 0.717) is 0 Å². The third-order valence-electron chi connectivity index (χ3n) is 4.67. The Bertz CT molecular complexity index is 601. The van der Waals surface area contributed by atoms with Crippen LogP contribution in [0.3, 0.4) is 0 Å². The number of aryl methyl sites for hydroxylation is 1. The van der Waals surface area contributed by atoms with E-state index in [1.807, 2.05) is 18.2 Å². The van der Waals surface area contributed by atoms with E-state index in [1.54, 1.807) is 0 Å². The molecule has 110 valence electrons. The van der Waals surface area contributed by atoms with E-state index in [0.717, 1.165) is 47.9 Å². The van der Waals surface area contributed by atoms with Crippen LogP contribution in [-0.2, 0) is 11.2 Å². The Morgan fingerprint density at radius 1 is 1.33 bits per heavy atom. The lowest BCUT2D eigenvalue weighted by atomic mass is 10.0. The number of hydrogen-bond donors (Lipinski definition) is 2. The molecule has 3 rings (SSSR count). The van der Waals surface area contributed by atoms with Gasteiger partial charge in [0.2, 0.25) is 5.91 Å². The number of carbonyl (C=O) groups is 1. The fourth-order valence-electron chi connectivity index (χ4n) is 3.39. The van der Waals surface area contributed by atoms with Gasteiger partial charge in [-0.15, -0.1) is 0 Å². The maximum Gasteiger partial charge on any atom is 0.227 e. The van der Waals surface area contributed by atoms with Crippen LogP contribution in [0.5, 0.6) is 0 Å². The fraction of sp³-hybridized carbons (Fsp3) is 0.500. The van der Waals surface area contributed by atoms with Crippen molar-refractivity contribution in [1.82, 2.24) is 0 Å². The lowest BCUT2D eigenvalue weighted by molar-refractivity contribution is -0.120. The van der Waals surface area contributed by atoms with E-state index in [-0.39, 0.29) is 18.4 Å². The zero-order valence-electron chi connectivity index (χ0n) is 12.4. The second-order valence-electron chi connectivity index (χ2n) is 6.10. The Hall–Kier alpha value is -1.79. The Balaban J connectivity index is 1.70. The molecule has 0 saturated heterocycles. The largest absolute Gasteiger partial charge is 0.384 e. The van der Waals surface area contributed by atoms with Gasteiger partial charge in [0.1, 0.15) is 6.61 Å². The summed E-state index contributed by atoms with van der Waals surface area (Å²) in [6.07, 6.45) is 4.32. The highest BCUT2D eigenvalue weighted by Gasteiger charge is 2.47. The van der Waals surface area contributed by atoms with Crippen LogP contribution in [0.25, 0.3) is 0 Å². The maximum absolute atomic E-state index is 12.3. The molecule has 2 N–H and O–H groups in total. The summed E-state index contributed by atoms with van der Waals surface area (Å²) in [5, 5.41) is 11.8. The van der Waals surface area contributed by atoms with Crippen LogP contribution < -0.4 is 5.32 Å². The molecule has 2 saturated carbocycles. The molecule has 2 aliphatic rings. The van der Waals surface area contributed by atoms with Gasteiger partial charge in [-0.1, -0.05) is 18.8 Å². The Labute approximate surface area is 125 Å². The highest BCUT2D eigenvalue weighted by Crippen LogP contribution is 2.54. The Morgan fingerprint density at radius 3 is 2.76 bits per heavy atom. The van der Waals surface area contributed by atoms with E-state index < -0.39 is 0 Å². The number of nitrogens with one attached hydrogen (secondary N) is 1. The summed E-state index contributed by atoms with van der Waals surface area (Å²) in [7, 11) is 0. The van der Waals surface area contributed by atoms with Gasteiger partial charge < -0.3 is 10.4 Å². The highest BCUT2D eigenvalue weighted by molar-refractivity contribution is 5.93. The predicted octanol–water partition coefficient (Wildman–Crippen LogP) is 2.58. The molecule has 0 radical (unpaired) electrons. The minimum atomic E-state index is -0.135. The summed E-state index contributed by atoms with van der Waals surface area (Å²) >= 11 is 0. The summed E-state index contributed by atoms with van der Waals surface area (Å²) in [6.45, 7) is 1.93. The number of hydrogen-bond acceptors (Lipinski definition) is 2. The molecule has 1 aromatic carbocycles. The molecule has 1 amide bonds. The van der Waals surface area contributed by atoms with Gasteiger partial charge in [-0.2, -0.15) is 0 Å². The monoisotopic (exact) mass is 283 g/mol. The molecule has 2 fully saturated rings. The van der Waals surface area contributed by atoms with Crippen molar-refractivity contribution in [2.45, 2.75) is 32.6 Å². The van der Waals surface area contributed by atoms with Gasteiger partial charge in [0.25, 0.3) is 0 Å². The number of benzene rings is 1. The van der Waals surface area contributed by atoms with E-state index in [9.17, 15) is 4.79 Å². The number of rotatable bonds is 3. The lowest BCUT2D eigenvalue weighted by Crippen LogP contribution is -2.22. The first-order valence-corrected chi connectivity index (χ1v) is 7.74. The number of aliphatic hydroxyl groups excluding tert-OH is 1. The third-order valence-corrected chi connectivity index (χ3v) is 4.67. The van der Waals surface area contributed by atoms with Crippen LogP contribution >= 0.6 is 0 Å². The average Bonchev–Trinajstić information content (AvgIpc) is 3.12. The van der Waals surface area contributed by atoms with E-state index in [4.69, 9.17) is 5.11 Å². The molecule has 0 aromatic heterocycles. The summed E-state index contributed by atoms with van der Waals surface area (Å²) in [5.41, 5.74) is 2.87. The summed E-state index contributed by atoms with van der Waals surface area (Å²) in [4.78, 5) is 12.3. The van der Waals surface area contributed by atoms with Crippen molar-refractivity contribution in [2.75, 3.05) is 11.9 Å². The Kier molecular flexibility index (Phi) is 3.98. The molecular formula is C18H21NO2. The highest BCUT2D eigenvalue weighted by atomic mass is 16.2. The van der Waals surface area contributed by atoms with Crippen LogP contribution in [0.1, 0.15) is 37.3 Å². The normalized spacial score (nSPS) is 25.7. The van der Waals surface area contributed by atoms with Gasteiger partial charge in [0.05, 0.1) is 0 Å². The lowest BCUT2D eigenvalue weighted by Gasteiger charge is -2.15. The molecule has 3 nitrogen and oxygen atoms in total. The zero-order valence-corrected chi connectivity index (χ0v) is 12.4. The van der Waals surface area contributed by atoms with Crippen molar-refractivity contribution in [2.24, 2.45) is 17.8 Å². The van der Waals surface area contributed by atoms with Crippen molar-refractivity contribution in [3.8, 4) is 11.8 Å². The van der Waals surface area contributed by atoms with Crippen LogP contribution in [0.4, 0.5) is 5.69 Å². The molecule has 1 aromatic rings. The first-order chi connectivity index (χ1) is 10.2. The first kappa shape index (κ1) is 14.2. The maximum atomic E-state index is 12.3. The number of aliphatic hydroxyl groups is 1. The van der Waals surface area contributed by atoms with Crippen molar-refractivity contribution < 1.29 is 9.90 Å². The molecule has 2 aliphatic carbocycles. The van der Waals surface area contributed by atoms with Crippen molar-refractivity contribution in [3.63, 3.8) is 0 Å². The predicted molar refractivity (Wildman–Crippen MR) is 82.7 cm³/mol. The van der Waals surface area contributed by atoms with Gasteiger partial charge in [-0.3, -0.25) is 4.79 Å². The van der Waals surface area contributed by atoms with E-state index in [1.165, 1.54) is 6.42 Å². The molecule has 2 unspecified atom stereocenters. The van der Waals surface area contributed by atoms with Gasteiger partial charge in [0.15, 0.2) is 0 Å². The quantitative estimate of drug-likeness (QED) is 0.838. The van der Waals surface area contributed by atoms with Gasteiger partial charge in [-0.05, 0) is 61.3 Å². The molecule has 2 atom stereocenters. The first-order valence-electron chi connectivity index (χ1n) is 7.74. The summed E-state index contributed by atoms with van der Waals surface area (Å²) in [6, 6.07) is 5.81. The average molecular weight is 283 g/mol. The third kappa shape index (κ3) is 3.11. The van der Waals surface area contributed by atoms with Gasteiger partial charge >= 0.3 is 0 Å². The van der Waals surface area contributed by atoms with Crippen LogP contribution in [0.2, 0.25) is 0 Å². The van der Waals surface area contributed by atoms with Crippen molar-refractivity contribution in [3.05, 3.63) is 29.3 Å². The van der Waals surface area contributed by atoms with Gasteiger partial charge in [0, 0.05) is 17.2 Å². The van der Waals surface area contributed by atoms with Crippen molar-refractivity contribution in [1.29, 1.82) is 0 Å². The fourth-order valence-corrected chi connectivity index (χ4v) is 3.39. The molecule has 0 bridgehead atoms. The van der Waals surface area contributed by atoms with E-state index in [2.05, 4.69) is 24.1 Å². The van der Waals surface area contributed by atoms with Crippen molar-refractivity contribution >= 4 is 11.6 Å². The number of fused-ring (bicyclic) bond motifs is 1. The molecule has 3 heteroatoms. The van der Waals surface area contributed by atoms with Gasteiger partial charge in [-0.25, -0.2) is 0 Å². The summed E-state index contributed by atoms with van der Waals surface area (Å²) < 4.78 is 0. The number of anilines is 1. The zero-order chi connectivity index (χ0) is 14.8. The second kappa shape index (κ2) is 5.91. The molecular weight excluding hydrogens is 262 g/mol. The molecule has 21 heavy (non-hydrogen) atoms. The standard InChI is InChI=1S/C18H21NO2/c1-2-13-8-12(4-3-7-20)5-6-17(13)19-18(21)16-10-14-9-15(14)11-16/h5-6,8,14-16,20H,2,7,9-11H2,1H3,(H,19,21). The molecule has 0 spiro atoms. The minimum absolute atomic E-state index is 0.135. The second-order valence-corrected chi connectivity index (χ2v) is 6.10. The smallest absolute Gasteiger partial charge is 0.227 e. The van der Waals surface area contributed by atoms with E-state index >= 15 is 0 Å². The van der Waals surface area contributed by atoms with Crippen LogP contribution in [-0.4, -0.2) is 17.6 Å². The molecule has 0 heterocycles.